The molecule has 0 N–H and O–H groups in total. The van der Waals surface area contributed by atoms with E-state index in [1.165, 1.54) is 51.4 Å². The van der Waals surface area contributed by atoms with Gasteiger partial charge in [-0.05, 0) is 68.4 Å². The van der Waals surface area contributed by atoms with Crippen LogP contribution in [0, 0.1) is 53.0 Å². The maximum atomic E-state index is 13.3. The normalized spacial score (nSPS) is 29.1. The van der Waals surface area contributed by atoms with E-state index in [-0.39, 0.29) is 5.56 Å². The third kappa shape index (κ3) is 4.84. The van der Waals surface area contributed by atoms with Gasteiger partial charge in [0, 0.05) is 11.5 Å². The topological polar surface area (TPSA) is 0 Å². The summed E-state index contributed by atoms with van der Waals surface area (Å²) in [6.07, 6.45) is 12.8. The summed E-state index contributed by atoms with van der Waals surface area (Å²) in [6, 6.07) is 1.96. The molecule has 1 aromatic rings. The van der Waals surface area contributed by atoms with Gasteiger partial charge in [0.05, 0.1) is 0 Å². The maximum absolute atomic E-state index is 13.3. The van der Waals surface area contributed by atoms with Crippen molar-refractivity contribution in [3.05, 3.63) is 35.1 Å². The van der Waals surface area contributed by atoms with Crippen LogP contribution in [0.3, 0.4) is 0 Å². The van der Waals surface area contributed by atoms with Crippen molar-refractivity contribution in [3.63, 3.8) is 0 Å². The first-order chi connectivity index (χ1) is 12.6. The van der Waals surface area contributed by atoms with Crippen molar-refractivity contribution in [2.45, 2.75) is 71.1 Å². The lowest BCUT2D eigenvalue weighted by Crippen LogP contribution is -2.25. The second-order valence-electron chi connectivity index (χ2n) is 8.20. The highest BCUT2D eigenvalue weighted by Crippen LogP contribution is 2.42. The van der Waals surface area contributed by atoms with Gasteiger partial charge in [0.25, 0.3) is 0 Å². The number of hydrogen-bond acceptors (Lipinski definition) is 0. The average molecular weight is 362 g/mol. The monoisotopic (exact) mass is 362 g/mol. The van der Waals surface area contributed by atoms with Crippen molar-refractivity contribution in [2.24, 2.45) is 23.7 Å². The van der Waals surface area contributed by atoms with Gasteiger partial charge >= 0.3 is 0 Å². The number of hydrogen-bond donors (Lipinski definition) is 0. The molecule has 0 saturated heterocycles. The summed E-state index contributed by atoms with van der Waals surface area (Å²) >= 11 is 0. The SMILES string of the molecule is CCC[C@H]1CC[C@H]([C@H]2CC[C@H](C#Cc3cc(F)c(F)c(F)c3)CC2)CC1. The van der Waals surface area contributed by atoms with Crippen LogP contribution in [-0.2, 0) is 0 Å². The third-order valence-corrected chi connectivity index (χ3v) is 6.43. The van der Waals surface area contributed by atoms with Crippen LogP contribution in [0.15, 0.2) is 12.1 Å². The molecule has 2 fully saturated rings. The van der Waals surface area contributed by atoms with Crippen LogP contribution in [0.25, 0.3) is 0 Å². The summed E-state index contributed by atoms with van der Waals surface area (Å²) in [5.41, 5.74) is 0.220. The molecule has 26 heavy (non-hydrogen) atoms. The fourth-order valence-electron chi connectivity index (χ4n) is 4.90. The predicted octanol–water partition coefficient (Wildman–Crippen LogP) is 6.87. The lowest BCUT2D eigenvalue weighted by molar-refractivity contribution is 0.154. The van der Waals surface area contributed by atoms with E-state index in [4.69, 9.17) is 0 Å². The highest BCUT2D eigenvalue weighted by molar-refractivity contribution is 5.35. The summed E-state index contributed by atoms with van der Waals surface area (Å²) in [6.45, 7) is 2.28. The molecule has 142 valence electrons. The van der Waals surface area contributed by atoms with E-state index in [0.717, 1.165) is 42.7 Å². The van der Waals surface area contributed by atoms with Gasteiger partial charge in [-0.2, -0.15) is 0 Å². The Labute approximate surface area is 155 Å². The van der Waals surface area contributed by atoms with Crippen LogP contribution in [0.4, 0.5) is 13.2 Å². The Morgan fingerprint density at radius 3 is 1.92 bits per heavy atom. The van der Waals surface area contributed by atoms with Gasteiger partial charge in [-0.15, -0.1) is 0 Å². The summed E-state index contributed by atoms with van der Waals surface area (Å²) < 4.78 is 39.5. The summed E-state index contributed by atoms with van der Waals surface area (Å²) in [5, 5.41) is 0. The van der Waals surface area contributed by atoms with Crippen LogP contribution >= 0.6 is 0 Å². The van der Waals surface area contributed by atoms with E-state index in [9.17, 15) is 13.2 Å². The van der Waals surface area contributed by atoms with Crippen molar-refractivity contribution < 1.29 is 13.2 Å². The first kappa shape index (κ1) is 19.3. The van der Waals surface area contributed by atoms with Crippen molar-refractivity contribution in [2.75, 3.05) is 0 Å². The standard InChI is InChI=1S/C23H29F3/c1-2-3-16-6-10-19(11-7-16)20-12-8-17(9-13-20)4-5-18-14-21(24)23(26)22(25)15-18/h14-17,19-20H,2-3,6-13H2,1H3/t16-,17-,19-,20-. The zero-order valence-corrected chi connectivity index (χ0v) is 15.7. The van der Waals surface area contributed by atoms with Gasteiger partial charge in [-0.25, -0.2) is 13.2 Å². The molecule has 0 bridgehead atoms. The number of rotatable bonds is 3. The molecule has 1 aromatic carbocycles. The Morgan fingerprint density at radius 1 is 0.846 bits per heavy atom. The highest BCUT2D eigenvalue weighted by Gasteiger charge is 2.30. The van der Waals surface area contributed by atoms with Gasteiger partial charge in [-0.1, -0.05) is 44.4 Å². The molecule has 2 aliphatic carbocycles. The van der Waals surface area contributed by atoms with Crippen molar-refractivity contribution >= 4 is 0 Å². The molecule has 0 spiro atoms. The molecular weight excluding hydrogens is 333 g/mol. The minimum Gasteiger partial charge on any atom is -0.204 e. The fraction of sp³-hybridized carbons (Fsp3) is 0.652. The van der Waals surface area contributed by atoms with Gasteiger partial charge in [0.15, 0.2) is 17.5 Å². The molecule has 2 aliphatic rings. The number of benzene rings is 1. The van der Waals surface area contributed by atoms with Crippen LogP contribution in [-0.4, -0.2) is 0 Å². The predicted molar refractivity (Wildman–Crippen MR) is 99.0 cm³/mol. The first-order valence-corrected chi connectivity index (χ1v) is 10.2. The van der Waals surface area contributed by atoms with E-state index < -0.39 is 17.5 Å². The zero-order chi connectivity index (χ0) is 18.5. The van der Waals surface area contributed by atoms with Crippen LogP contribution in [0.5, 0.6) is 0 Å². The molecule has 3 rings (SSSR count). The van der Waals surface area contributed by atoms with Gasteiger partial charge in [0.1, 0.15) is 0 Å². The molecule has 0 heterocycles. The maximum Gasteiger partial charge on any atom is 0.194 e. The van der Waals surface area contributed by atoms with E-state index in [2.05, 4.69) is 18.8 Å². The van der Waals surface area contributed by atoms with Gasteiger partial charge in [-0.3, -0.25) is 0 Å². The van der Waals surface area contributed by atoms with Crippen LogP contribution in [0.2, 0.25) is 0 Å². The molecule has 0 radical (unpaired) electrons. The Kier molecular flexibility index (Phi) is 6.68. The van der Waals surface area contributed by atoms with E-state index >= 15 is 0 Å². The molecule has 0 unspecified atom stereocenters. The largest absolute Gasteiger partial charge is 0.204 e. The highest BCUT2D eigenvalue weighted by atomic mass is 19.2. The van der Waals surface area contributed by atoms with Crippen molar-refractivity contribution in [1.29, 1.82) is 0 Å². The second-order valence-corrected chi connectivity index (χ2v) is 8.20. The minimum absolute atomic E-state index is 0.220. The summed E-state index contributed by atoms with van der Waals surface area (Å²) in [5.74, 6) is 5.19. The van der Waals surface area contributed by atoms with Crippen molar-refractivity contribution in [1.82, 2.24) is 0 Å². The minimum atomic E-state index is -1.43. The molecule has 0 atom stereocenters. The molecule has 0 amide bonds. The van der Waals surface area contributed by atoms with E-state index in [0.29, 0.717) is 5.92 Å². The first-order valence-electron chi connectivity index (χ1n) is 10.2. The lowest BCUT2D eigenvalue weighted by Gasteiger charge is -2.37. The molecule has 0 aliphatic heterocycles. The second kappa shape index (κ2) is 8.98. The Bertz CT molecular complexity index is 631. The quantitative estimate of drug-likeness (QED) is 0.406. The molecule has 0 aromatic heterocycles. The van der Waals surface area contributed by atoms with Crippen molar-refractivity contribution in [3.8, 4) is 11.8 Å². The van der Waals surface area contributed by atoms with E-state index in [1.54, 1.807) is 0 Å². The third-order valence-electron chi connectivity index (χ3n) is 6.43. The zero-order valence-electron chi connectivity index (χ0n) is 15.7. The van der Waals surface area contributed by atoms with E-state index in [1.807, 2.05) is 0 Å². The Hall–Kier alpha value is -1.43. The molecule has 0 nitrogen and oxygen atoms in total. The van der Waals surface area contributed by atoms with Crippen LogP contribution in [0.1, 0.15) is 76.7 Å². The lowest BCUT2D eigenvalue weighted by atomic mass is 9.69. The van der Waals surface area contributed by atoms with Gasteiger partial charge < -0.3 is 0 Å². The average Bonchev–Trinajstić information content (AvgIpc) is 2.66. The molecular formula is C23H29F3. The summed E-state index contributed by atoms with van der Waals surface area (Å²) in [7, 11) is 0. The van der Waals surface area contributed by atoms with Gasteiger partial charge in [0.2, 0.25) is 0 Å². The molecule has 3 heteroatoms. The van der Waals surface area contributed by atoms with Crippen LogP contribution < -0.4 is 0 Å². The Balaban J connectivity index is 1.49. The molecule has 2 saturated carbocycles. The fourth-order valence-corrected chi connectivity index (χ4v) is 4.90. The smallest absolute Gasteiger partial charge is 0.194 e. The number of halogens is 3. The Morgan fingerprint density at radius 2 is 1.38 bits per heavy atom. The summed E-state index contributed by atoms with van der Waals surface area (Å²) in [4.78, 5) is 0.